The number of hydrogen-bond acceptors (Lipinski definition) is 5. The van der Waals surface area contributed by atoms with Crippen molar-refractivity contribution in [3.63, 3.8) is 0 Å². The number of aliphatic carboxylic acids is 1. The predicted octanol–water partition coefficient (Wildman–Crippen LogP) is 0.586. The lowest BCUT2D eigenvalue weighted by Crippen LogP contribution is -2.42. The number of piperidine rings is 1. The van der Waals surface area contributed by atoms with Crippen LogP contribution >= 0.6 is 0 Å². The maximum atomic E-state index is 11.8. The summed E-state index contributed by atoms with van der Waals surface area (Å²) in [5, 5.41) is 13.6. The first-order chi connectivity index (χ1) is 11.4. The Morgan fingerprint density at radius 2 is 2.08 bits per heavy atom. The Bertz CT molecular complexity index is 597. The second kappa shape index (κ2) is 6.51. The molecule has 2 fully saturated rings. The zero-order valence-corrected chi connectivity index (χ0v) is 14.3. The van der Waals surface area contributed by atoms with Gasteiger partial charge in [-0.05, 0) is 44.7 Å². The average Bonchev–Trinajstić information content (AvgIpc) is 3.14. The Balaban J connectivity index is 1.62. The first-order valence-electron chi connectivity index (χ1n) is 8.53. The lowest BCUT2D eigenvalue weighted by atomic mass is 9.76. The second-order valence-corrected chi connectivity index (χ2v) is 6.97. The molecule has 0 radical (unpaired) electrons. The van der Waals surface area contributed by atoms with Crippen molar-refractivity contribution in [1.29, 1.82) is 0 Å². The van der Waals surface area contributed by atoms with E-state index in [1.54, 1.807) is 6.33 Å². The summed E-state index contributed by atoms with van der Waals surface area (Å²) in [5.74, 6) is -0.0630. The summed E-state index contributed by atoms with van der Waals surface area (Å²) >= 11 is 0. The first-order valence-corrected chi connectivity index (χ1v) is 8.53. The first kappa shape index (κ1) is 16.9. The third-order valence-electron chi connectivity index (χ3n) is 5.47. The Morgan fingerprint density at radius 1 is 1.38 bits per heavy atom. The van der Waals surface area contributed by atoms with Gasteiger partial charge in [0, 0.05) is 20.0 Å². The third-order valence-corrected chi connectivity index (χ3v) is 5.47. The number of nitrogens with zero attached hydrogens (tertiary/aromatic N) is 5. The van der Waals surface area contributed by atoms with E-state index in [0.717, 1.165) is 44.8 Å². The van der Waals surface area contributed by atoms with Crippen LogP contribution in [0.4, 0.5) is 0 Å². The van der Waals surface area contributed by atoms with E-state index in [2.05, 4.69) is 15.0 Å². The SMILES string of the molecule is CCn1ncnc1CN1CCC2(CC1)C[C@@H](C(=O)O)N(C(C)=O)C2. The number of hydrogen-bond donors (Lipinski definition) is 1. The van der Waals surface area contributed by atoms with Crippen LogP contribution in [0.15, 0.2) is 6.33 Å². The zero-order chi connectivity index (χ0) is 17.3. The molecule has 0 unspecified atom stereocenters. The molecule has 2 saturated heterocycles. The Hall–Kier alpha value is -1.96. The highest BCUT2D eigenvalue weighted by Gasteiger charge is 2.49. The second-order valence-electron chi connectivity index (χ2n) is 6.97. The van der Waals surface area contributed by atoms with Crippen LogP contribution in [0.3, 0.4) is 0 Å². The average molecular weight is 335 g/mol. The van der Waals surface area contributed by atoms with Gasteiger partial charge in [0.05, 0.1) is 6.54 Å². The molecule has 1 amide bonds. The molecule has 0 aliphatic carbocycles. The molecule has 8 heteroatoms. The fraction of sp³-hybridized carbons (Fsp3) is 0.750. The van der Waals surface area contributed by atoms with Crippen molar-refractivity contribution in [2.45, 2.75) is 52.2 Å². The molecule has 2 aliphatic rings. The molecule has 1 aromatic rings. The van der Waals surface area contributed by atoms with Gasteiger partial charge in [0.1, 0.15) is 18.2 Å². The lowest BCUT2D eigenvalue weighted by Gasteiger charge is -2.38. The van der Waals surface area contributed by atoms with E-state index in [1.807, 2.05) is 11.6 Å². The van der Waals surface area contributed by atoms with Gasteiger partial charge in [-0.15, -0.1) is 0 Å². The van der Waals surface area contributed by atoms with Crippen LogP contribution in [0.2, 0.25) is 0 Å². The van der Waals surface area contributed by atoms with Crippen LogP contribution in [0.1, 0.15) is 38.9 Å². The van der Waals surface area contributed by atoms with Crippen molar-refractivity contribution in [1.82, 2.24) is 24.6 Å². The Labute approximate surface area is 141 Å². The molecular weight excluding hydrogens is 310 g/mol. The van der Waals surface area contributed by atoms with Gasteiger partial charge in [0.25, 0.3) is 0 Å². The molecule has 8 nitrogen and oxygen atoms in total. The van der Waals surface area contributed by atoms with Gasteiger partial charge >= 0.3 is 5.97 Å². The topological polar surface area (TPSA) is 91.6 Å². The molecule has 1 atom stereocenters. The fourth-order valence-electron chi connectivity index (χ4n) is 4.03. The van der Waals surface area contributed by atoms with Crippen LogP contribution in [-0.2, 0) is 22.7 Å². The van der Waals surface area contributed by atoms with E-state index in [0.29, 0.717) is 13.0 Å². The summed E-state index contributed by atoms with van der Waals surface area (Å²) in [6, 6.07) is -0.669. The largest absolute Gasteiger partial charge is 0.480 e. The normalized spacial score (nSPS) is 23.8. The summed E-state index contributed by atoms with van der Waals surface area (Å²) in [5.41, 5.74) is -0.0519. The van der Waals surface area contributed by atoms with E-state index in [-0.39, 0.29) is 11.3 Å². The van der Waals surface area contributed by atoms with Crippen molar-refractivity contribution in [2.75, 3.05) is 19.6 Å². The molecule has 3 rings (SSSR count). The van der Waals surface area contributed by atoms with Gasteiger partial charge < -0.3 is 10.0 Å². The number of carboxylic acids is 1. The minimum Gasteiger partial charge on any atom is -0.480 e. The minimum atomic E-state index is -0.888. The van der Waals surface area contributed by atoms with Crippen molar-refractivity contribution in [3.05, 3.63) is 12.2 Å². The maximum absolute atomic E-state index is 11.8. The molecule has 24 heavy (non-hydrogen) atoms. The Morgan fingerprint density at radius 3 is 2.62 bits per heavy atom. The zero-order valence-electron chi connectivity index (χ0n) is 14.3. The highest BCUT2D eigenvalue weighted by atomic mass is 16.4. The highest BCUT2D eigenvalue weighted by molar-refractivity contribution is 5.83. The molecule has 132 valence electrons. The molecular formula is C16H25N5O3. The van der Waals surface area contributed by atoms with Gasteiger partial charge in [0.15, 0.2) is 0 Å². The summed E-state index contributed by atoms with van der Waals surface area (Å²) in [6.45, 7) is 7.44. The van der Waals surface area contributed by atoms with Crippen molar-refractivity contribution in [3.8, 4) is 0 Å². The quantitative estimate of drug-likeness (QED) is 0.866. The fourth-order valence-corrected chi connectivity index (χ4v) is 4.03. The summed E-state index contributed by atoms with van der Waals surface area (Å²) in [7, 11) is 0. The minimum absolute atomic E-state index is 0.0519. The van der Waals surface area contributed by atoms with Gasteiger partial charge in [-0.3, -0.25) is 9.69 Å². The van der Waals surface area contributed by atoms with Crippen LogP contribution in [0, 0.1) is 5.41 Å². The smallest absolute Gasteiger partial charge is 0.326 e. The molecule has 1 N–H and O–H groups in total. The number of rotatable bonds is 4. The number of amides is 1. The van der Waals surface area contributed by atoms with Gasteiger partial charge in [0.2, 0.25) is 5.91 Å². The van der Waals surface area contributed by atoms with Crippen LogP contribution in [-0.4, -0.2) is 67.2 Å². The van der Waals surface area contributed by atoms with E-state index in [9.17, 15) is 14.7 Å². The standard InChI is InChI=1S/C16H25N5O3/c1-3-21-14(17-11-18-21)9-19-6-4-16(5-7-19)8-13(15(23)24)20(10-16)12(2)22/h11,13H,3-10H2,1-2H3,(H,23,24)/t13-/m0/s1. The number of aromatic nitrogens is 3. The summed E-state index contributed by atoms with van der Waals surface area (Å²) in [6.07, 6.45) is 3.99. The number of carboxylic acid groups (broad SMARTS) is 1. The molecule has 1 aromatic heterocycles. The summed E-state index contributed by atoms with van der Waals surface area (Å²) < 4.78 is 1.90. The van der Waals surface area contributed by atoms with Crippen LogP contribution < -0.4 is 0 Å². The third kappa shape index (κ3) is 3.15. The molecule has 0 bridgehead atoms. The molecule has 0 aromatic carbocycles. The molecule has 1 spiro atoms. The molecule has 2 aliphatic heterocycles. The maximum Gasteiger partial charge on any atom is 0.326 e. The lowest BCUT2D eigenvalue weighted by molar-refractivity contribution is -0.147. The van der Waals surface area contributed by atoms with E-state index in [4.69, 9.17) is 0 Å². The van der Waals surface area contributed by atoms with Crippen molar-refractivity contribution in [2.24, 2.45) is 5.41 Å². The number of likely N-dealkylation sites (tertiary alicyclic amines) is 2. The van der Waals surface area contributed by atoms with Gasteiger partial charge in [-0.25, -0.2) is 14.5 Å². The predicted molar refractivity (Wildman–Crippen MR) is 86.1 cm³/mol. The van der Waals surface area contributed by atoms with Crippen LogP contribution in [0.5, 0.6) is 0 Å². The summed E-state index contributed by atoms with van der Waals surface area (Å²) in [4.78, 5) is 31.4. The van der Waals surface area contributed by atoms with Crippen LogP contribution in [0.25, 0.3) is 0 Å². The van der Waals surface area contributed by atoms with E-state index >= 15 is 0 Å². The van der Waals surface area contributed by atoms with E-state index < -0.39 is 12.0 Å². The molecule has 3 heterocycles. The number of carbonyl (C=O) groups is 2. The van der Waals surface area contributed by atoms with Crippen molar-refractivity contribution < 1.29 is 14.7 Å². The van der Waals surface area contributed by atoms with Crippen molar-refractivity contribution >= 4 is 11.9 Å². The highest BCUT2D eigenvalue weighted by Crippen LogP contribution is 2.43. The Kier molecular flexibility index (Phi) is 4.58. The number of aryl methyl sites for hydroxylation is 1. The van der Waals surface area contributed by atoms with E-state index in [1.165, 1.54) is 11.8 Å². The van der Waals surface area contributed by atoms with Gasteiger partial charge in [-0.1, -0.05) is 0 Å². The monoisotopic (exact) mass is 335 g/mol. The van der Waals surface area contributed by atoms with Gasteiger partial charge in [-0.2, -0.15) is 5.10 Å². The molecule has 0 saturated carbocycles. The number of carbonyl (C=O) groups excluding carboxylic acids is 1.